The molecule has 0 heterocycles. The van der Waals surface area contributed by atoms with E-state index in [0.29, 0.717) is 6.61 Å². The molecule has 86 valence electrons. The lowest BCUT2D eigenvalue weighted by Gasteiger charge is -2.27. The maximum absolute atomic E-state index is 11.2. The van der Waals surface area contributed by atoms with E-state index < -0.39 is 15.6 Å². The summed E-state index contributed by atoms with van der Waals surface area (Å²) in [6, 6.07) is 0. The normalized spacial score (nSPS) is 16.6. The van der Waals surface area contributed by atoms with E-state index in [-0.39, 0.29) is 12.3 Å². The Balaban J connectivity index is 4.21. The largest absolute Gasteiger partial charge is 0.382 e. The van der Waals surface area contributed by atoms with E-state index in [1.807, 2.05) is 0 Å². The molecule has 0 bridgehead atoms. The van der Waals surface area contributed by atoms with Crippen molar-refractivity contribution >= 4 is 10.0 Å². The number of hydrogen-bond donors (Lipinski definition) is 1. The number of methoxy groups -OCH3 is 2. The zero-order valence-corrected chi connectivity index (χ0v) is 9.98. The first kappa shape index (κ1) is 13.8. The Morgan fingerprint density at radius 3 is 2.29 bits per heavy atom. The first-order valence-corrected chi connectivity index (χ1v) is 6.06. The molecule has 0 aliphatic carbocycles. The maximum Gasteiger partial charge on any atom is 0.211 e. The predicted octanol–water partition coefficient (Wildman–Crippen LogP) is -0.0228. The Labute approximate surface area is 85.8 Å². The van der Waals surface area contributed by atoms with Crippen LogP contribution in [0.1, 0.15) is 13.8 Å². The van der Waals surface area contributed by atoms with Gasteiger partial charge in [0, 0.05) is 20.8 Å². The summed E-state index contributed by atoms with van der Waals surface area (Å²) in [7, 11) is -0.0924. The standard InChI is InChI=1S/C8H19NO4S/c1-5-14(10,11)9-6-8(2,13-4)7-12-3/h9H,5-7H2,1-4H3/t8-/m1/s1. The van der Waals surface area contributed by atoms with Crippen LogP contribution in [0.2, 0.25) is 0 Å². The topological polar surface area (TPSA) is 64.6 Å². The molecule has 0 aromatic carbocycles. The van der Waals surface area contributed by atoms with E-state index in [4.69, 9.17) is 9.47 Å². The number of nitrogens with one attached hydrogen (secondary N) is 1. The van der Waals surface area contributed by atoms with E-state index in [9.17, 15) is 8.42 Å². The van der Waals surface area contributed by atoms with Gasteiger partial charge in [-0.2, -0.15) is 0 Å². The van der Waals surface area contributed by atoms with Gasteiger partial charge in [0.05, 0.1) is 12.4 Å². The Morgan fingerprint density at radius 1 is 1.36 bits per heavy atom. The van der Waals surface area contributed by atoms with Crippen molar-refractivity contribution in [1.29, 1.82) is 0 Å². The first-order valence-electron chi connectivity index (χ1n) is 4.40. The number of hydrogen-bond acceptors (Lipinski definition) is 4. The second-order valence-corrected chi connectivity index (χ2v) is 5.41. The lowest BCUT2D eigenvalue weighted by Crippen LogP contribution is -2.45. The molecule has 0 unspecified atom stereocenters. The van der Waals surface area contributed by atoms with Gasteiger partial charge in [-0.1, -0.05) is 0 Å². The van der Waals surface area contributed by atoms with E-state index in [1.54, 1.807) is 21.0 Å². The first-order chi connectivity index (χ1) is 6.39. The molecule has 0 radical (unpaired) electrons. The van der Waals surface area contributed by atoms with Gasteiger partial charge in [-0.3, -0.25) is 0 Å². The molecule has 0 spiro atoms. The molecule has 0 aliphatic heterocycles. The van der Waals surface area contributed by atoms with Crippen molar-refractivity contribution < 1.29 is 17.9 Å². The van der Waals surface area contributed by atoms with Gasteiger partial charge in [0.1, 0.15) is 5.60 Å². The predicted molar refractivity (Wildman–Crippen MR) is 54.8 cm³/mol. The molecule has 0 rings (SSSR count). The summed E-state index contributed by atoms with van der Waals surface area (Å²) in [4.78, 5) is 0. The molecule has 0 fully saturated rings. The number of sulfonamides is 1. The Bertz CT molecular complexity index is 252. The van der Waals surface area contributed by atoms with E-state index in [0.717, 1.165) is 0 Å². The van der Waals surface area contributed by atoms with Gasteiger partial charge in [0.15, 0.2) is 0 Å². The van der Waals surface area contributed by atoms with Crippen molar-refractivity contribution in [2.24, 2.45) is 0 Å². The van der Waals surface area contributed by atoms with Crippen LogP contribution in [0, 0.1) is 0 Å². The summed E-state index contributed by atoms with van der Waals surface area (Å²) < 4.78 is 34.9. The van der Waals surface area contributed by atoms with Gasteiger partial charge in [-0.05, 0) is 13.8 Å². The van der Waals surface area contributed by atoms with Crippen LogP contribution in [-0.4, -0.2) is 47.1 Å². The molecule has 6 heteroatoms. The smallest absolute Gasteiger partial charge is 0.211 e. The molecule has 0 saturated heterocycles. The van der Waals surface area contributed by atoms with Crippen LogP contribution >= 0.6 is 0 Å². The van der Waals surface area contributed by atoms with Gasteiger partial charge in [0.25, 0.3) is 0 Å². The van der Waals surface area contributed by atoms with Gasteiger partial charge in [0.2, 0.25) is 10.0 Å². The van der Waals surface area contributed by atoms with Crippen LogP contribution in [0.4, 0.5) is 0 Å². The molecule has 1 atom stereocenters. The highest BCUT2D eigenvalue weighted by atomic mass is 32.2. The summed E-state index contributed by atoms with van der Waals surface area (Å²) in [5.41, 5.74) is -0.614. The Hall–Kier alpha value is -0.170. The molecule has 0 aliphatic rings. The van der Waals surface area contributed by atoms with Crippen molar-refractivity contribution in [3.63, 3.8) is 0 Å². The average molecular weight is 225 g/mol. The molecule has 14 heavy (non-hydrogen) atoms. The van der Waals surface area contributed by atoms with Gasteiger partial charge in [-0.15, -0.1) is 0 Å². The van der Waals surface area contributed by atoms with Crippen molar-refractivity contribution in [1.82, 2.24) is 4.72 Å². The minimum absolute atomic E-state index is 0.0692. The molecular formula is C8H19NO4S. The third-order valence-corrected chi connectivity index (χ3v) is 3.33. The van der Waals surface area contributed by atoms with Crippen LogP contribution in [0.15, 0.2) is 0 Å². The lowest BCUT2D eigenvalue weighted by molar-refractivity contribution is -0.0460. The zero-order chi connectivity index (χ0) is 11.2. The fraction of sp³-hybridized carbons (Fsp3) is 1.00. The fourth-order valence-electron chi connectivity index (χ4n) is 0.852. The summed E-state index contributed by atoms with van der Waals surface area (Å²) in [6.45, 7) is 3.93. The van der Waals surface area contributed by atoms with Crippen LogP contribution in [-0.2, 0) is 19.5 Å². The highest BCUT2D eigenvalue weighted by Crippen LogP contribution is 2.08. The van der Waals surface area contributed by atoms with Crippen molar-refractivity contribution in [2.45, 2.75) is 19.4 Å². The molecule has 0 aromatic heterocycles. The van der Waals surface area contributed by atoms with Crippen molar-refractivity contribution in [3.05, 3.63) is 0 Å². The molecular weight excluding hydrogens is 206 g/mol. The molecule has 0 amide bonds. The van der Waals surface area contributed by atoms with E-state index in [2.05, 4.69) is 4.72 Å². The SMILES string of the molecule is CCS(=O)(=O)NC[C@](C)(COC)OC. The van der Waals surface area contributed by atoms with Gasteiger partial charge in [-0.25, -0.2) is 13.1 Å². The summed E-state index contributed by atoms with van der Waals surface area (Å²) in [6.07, 6.45) is 0. The summed E-state index contributed by atoms with van der Waals surface area (Å²) in [5, 5.41) is 0. The third-order valence-electron chi connectivity index (χ3n) is 1.99. The molecule has 1 N–H and O–H groups in total. The monoisotopic (exact) mass is 225 g/mol. The lowest BCUT2D eigenvalue weighted by atomic mass is 10.1. The highest BCUT2D eigenvalue weighted by molar-refractivity contribution is 7.89. The summed E-state index contributed by atoms with van der Waals surface area (Å²) in [5.74, 6) is 0.0692. The zero-order valence-electron chi connectivity index (χ0n) is 9.16. The molecule has 0 aromatic rings. The van der Waals surface area contributed by atoms with Crippen molar-refractivity contribution in [3.8, 4) is 0 Å². The molecule has 0 saturated carbocycles. The van der Waals surface area contributed by atoms with E-state index >= 15 is 0 Å². The minimum atomic E-state index is -3.17. The fourth-order valence-corrected chi connectivity index (χ4v) is 1.58. The summed E-state index contributed by atoms with van der Waals surface area (Å²) >= 11 is 0. The van der Waals surface area contributed by atoms with Crippen LogP contribution in [0.25, 0.3) is 0 Å². The average Bonchev–Trinajstić information content (AvgIpc) is 2.16. The third kappa shape index (κ3) is 4.90. The second kappa shape index (κ2) is 5.65. The number of ether oxygens (including phenoxy) is 2. The van der Waals surface area contributed by atoms with Crippen LogP contribution < -0.4 is 4.72 Å². The van der Waals surface area contributed by atoms with Crippen LogP contribution in [0.3, 0.4) is 0 Å². The number of rotatable bonds is 7. The van der Waals surface area contributed by atoms with Gasteiger partial charge >= 0.3 is 0 Å². The minimum Gasteiger partial charge on any atom is -0.382 e. The quantitative estimate of drug-likeness (QED) is 0.661. The second-order valence-electron chi connectivity index (χ2n) is 3.31. The Kier molecular flexibility index (Phi) is 5.58. The van der Waals surface area contributed by atoms with Crippen molar-refractivity contribution in [2.75, 3.05) is 33.1 Å². The van der Waals surface area contributed by atoms with Gasteiger partial charge < -0.3 is 9.47 Å². The van der Waals surface area contributed by atoms with Crippen LogP contribution in [0.5, 0.6) is 0 Å². The highest BCUT2D eigenvalue weighted by Gasteiger charge is 2.25. The molecule has 5 nitrogen and oxygen atoms in total. The van der Waals surface area contributed by atoms with E-state index in [1.165, 1.54) is 7.11 Å². The maximum atomic E-state index is 11.2. The Morgan fingerprint density at radius 2 is 1.93 bits per heavy atom.